The molecule has 51 heavy (non-hydrogen) atoms. The van der Waals surface area contributed by atoms with Crippen LogP contribution in [0.25, 0.3) is 106 Å². The number of para-hydroxylation sites is 3. The molecule has 6 heteroatoms. The lowest BCUT2D eigenvalue weighted by molar-refractivity contribution is 0.665. The van der Waals surface area contributed by atoms with Crippen LogP contribution in [0.5, 0.6) is 0 Å². The third-order valence-electron chi connectivity index (χ3n) is 9.46. The highest BCUT2D eigenvalue weighted by Crippen LogP contribution is 2.41. The van der Waals surface area contributed by atoms with Crippen molar-refractivity contribution in [3.63, 3.8) is 0 Å². The van der Waals surface area contributed by atoms with Gasteiger partial charge in [0.15, 0.2) is 23.1 Å². The summed E-state index contributed by atoms with van der Waals surface area (Å²) in [7, 11) is 0. The number of fused-ring (bicyclic) bond motifs is 9. The van der Waals surface area contributed by atoms with Crippen LogP contribution in [0.4, 0.5) is 0 Å². The monoisotopic (exact) mass is 659 g/mol. The maximum Gasteiger partial charge on any atom is 0.164 e. The Morgan fingerprint density at radius 3 is 1.90 bits per heavy atom. The highest BCUT2D eigenvalue weighted by Gasteiger charge is 2.20. The zero-order valence-electron chi connectivity index (χ0n) is 31.7. The van der Waals surface area contributed by atoms with E-state index in [9.17, 15) is 1.37 Å². The van der Waals surface area contributed by atoms with Gasteiger partial charge in [-0.3, -0.25) is 0 Å². The Hall–Kier alpha value is -7.05. The fourth-order valence-corrected chi connectivity index (χ4v) is 7.11. The van der Waals surface area contributed by atoms with Gasteiger partial charge in [0.2, 0.25) is 0 Å². The molecule has 0 fully saturated rings. The molecule has 4 aromatic heterocycles. The molecule has 0 saturated heterocycles. The van der Waals surface area contributed by atoms with Crippen molar-refractivity contribution < 1.29 is 15.7 Å². The zero-order chi connectivity index (χ0) is 37.8. The lowest BCUT2D eigenvalue weighted by atomic mass is 10.1. The quantitative estimate of drug-likeness (QED) is 0.188. The average molecular weight is 660 g/mol. The minimum Gasteiger partial charge on any atom is -0.456 e. The highest BCUT2D eigenvalue weighted by molar-refractivity contribution is 6.18. The topological polar surface area (TPSA) is 69.9 Å². The second-order valence-corrected chi connectivity index (χ2v) is 12.4. The van der Waals surface area contributed by atoms with Crippen molar-refractivity contribution in [1.29, 1.82) is 0 Å². The Morgan fingerprint density at radius 2 is 1.14 bits per heavy atom. The van der Waals surface area contributed by atoms with Crippen molar-refractivity contribution in [3.05, 3.63) is 158 Å². The lowest BCUT2D eigenvalue weighted by Gasteiger charge is -2.08. The summed E-state index contributed by atoms with van der Waals surface area (Å²) >= 11 is 0. The van der Waals surface area contributed by atoms with E-state index in [0.29, 0.717) is 72.5 Å². The van der Waals surface area contributed by atoms with E-state index in [-0.39, 0.29) is 35.8 Å². The molecule has 6 nitrogen and oxygen atoms in total. The summed E-state index contributed by atoms with van der Waals surface area (Å²) in [6, 6.07) is 40.1. The molecule has 11 aromatic rings. The smallest absolute Gasteiger partial charge is 0.164 e. The van der Waals surface area contributed by atoms with E-state index in [1.54, 1.807) is 12.1 Å². The van der Waals surface area contributed by atoms with Crippen molar-refractivity contribution in [2.45, 2.75) is 0 Å². The summed E-state index contributed by atoms with van der Waals surface area (Å²) in [5.74, 6) is 1.60. The molecule has 11 rings (SSSR count). The minimum atomic E-state index is 0.0652. The van der Waals surface area contributed by atoms with Gasteiger partial charge in [0, 0.05) is 55.1 Å². The fraction of sp³-hybridized carbons (Fsp3) is 0. The number of rotatable bonds is 4. The molecule has 0 N–H and O–H groups in total. The summed E-state index contributed by atoms with van der Waals surface area (Å²) in [5, 5.41) is 4.15. The molecule has 0 aliphatic rings. The first kappa shape index (κ1) is 23.3. The first-order valence-corrected chi connectivity index (χ1v) is 16.5. The van der Waals surface area contributed by atoms with Gasteiger partial charge in [-0.2, -0.15) is 0 Å². The largest absolute Gasteiger partial charge is 0.456 e. The maximum absolute atomic E-state index is 9.55. The Bertz CT molecular complexity index is 3370. The molecular weight excluding hydrogens is 629 g/mol. The average Bonchev–Trinajstić information content (AvgIpc) is 3.89. The normalized spacial score (nSPS) is 13.3. The van der Waals surface area contributed by atoms with E-state index in [1.165, 1.54) is 12.1 Å². The summed E-state index contributed by atoms with van der Waals surface area (Å²) in [5.41, 5.74) is 5.82. The van der Waals surface area contributed by atoms with Crippen LogP contribution in [0.15, 0.2) is 166 Å². The van der Waals surface area contributed by atoms with Crippen LogP contribution in [-0.4, -0.2) is 19.5 Å². The molecule has 0 aliphatic heterocycles. The first-order chi connectivity index (χ1) is 27.3. The van der Waals surface area contributed by atoms with Gasteiger partial charge in [-0.25, -0.2) is 15.0 Å². The molecule has 0 saturated carbocycles. The number of hydrogen-bond acceptors (Lipinski definition) is 5. The van der Waals surface area contributed by atoms with Gasteiger partial charge in [0.25, 0.3) is 0 Å². The van der Waals surface area contributed by atoms with Crippen molar-refractivity contribution >= 4 is 65.7 Å². The number of benzene rings is 7. The third-order valence-corrected chi connectivity index (χ3v) is 9.46. The van der Waals surface area contributed by atoms with E-state index >= 15 is 0 Å². The Balaban J connectivity index is 1.16. The van der Waals surface area contributed by atoms with Crippen LogP contribution in [0.1, 0.15) is 6.85 Å². The Morgan fingerprint density at radius 1 is 0.451 bits per heavy atom. The first-order valence-electron chi connectivity index (χ1n) is 19.0. The van der Waals surface area contributed by atoms with Gasteiger partial charge in [0.05, 0.1) is 23.6 Å². The molecule has 238 valence electrons. The predicted octanol–water partition coefficient (Wildman–Crippen LogP) is 11.8. The standard InChI is InChI=1S/C45H26N4O2/c1-3-12-27(13-4-1)43-46-44(28-14-5-2-6-15-28)48-45(47-43)29-22-23-32-33-18-11-20-37(42(33)51-40(32)24-29)49-36-19-9-7-16-30(36)34-25-35-31-17-8-10-21-39(31)50-41(35)26-38(34)49/h1-26H/i7D,8D,19D,21D,26D. The highest BCUT2D eigenvalue weighted by atomic mass is 16.3. The van der Waals surface area contributed by atoms with E-state index in [2.05, 4.69) is 0 Å². The van der Waals surface area contributed by atoms with E-state index in [1.807, 2.05) is 108 Å². The fourth-order valence-electron chi connectivity index (χ4n) is 7.11. The van der Waals surface area contributed by atoms with Crippen LogP contribution in [-0.2, 0) is 0 Å². The maximum atomic E-state index is 9.55. The van der Waals surface area contributed by atoms with Gasteiger partial charge in [-0.1, -0.05) is 115 Å². The van der Waals surface area contributed by atoms with Crippen LogP contribution in [0.3, 0.4) is 0 Å². The summed E-state index contributed by atoms with van der Waals surface area (Å²) in [4.78, 5) is 14.6. The predicted molar refractivity (Wildman–Crippen MR) is 205 cm³/mol. The molecule has 0 atom stereocenters. The summed E-state index contributed by atoms with van der Waals surface area (Å²) in [6.07, 6.45) is 0. The van der Waals surface area contributed by atoms with Crippen LogP contribution in [0, 0.1) is 0 Å². The lowest BCUT2D eigenvalue weighted by Crippen LogP contribution is -2.00. The van der Waals surface area contributed by atoms with Gasteiger partial charge >= 0.3 is 0 Å². The molecule has 0 aliphatic carbocycles. The van der Waals surface area contributed by atoms with Gasteiger partial charge in [-0.15, -0.1) is 0 Å². The van der Waals surface area contributed by atoms with Crippen molar-refractivity contribution in [1.82, 2.24) is 19.5 Å². The van der Waals surface area contributed by atoms with E-state index in [4.69, 9.17) is 29.3 Å². The molecule has 4 heterocycles. The second kappa shape index (κ2) is 10.7. The van der Waals surface area contributed by atoms with Crippen molar-refractivity contribution in [2.75, 3.05) is 0 Å². The van der Waals surface area contributed by atoms with Crippen LogP contribution >= 0.6 is 0 Å². The number of nitrogens with zero attached hydrogens (tertiary/aromatic N) is 4. The molecule has 7 aromatic carbocycles. The molecule has 0 unspecified atom stereocenters. The SMILES string of the molecule is [2H]c1cc([2H])c2oc3c([2H])c4c(cc3c2c1)c1cc([2H])cc([2H])c1n4-c1cccc2c1oc1cc(-c3nc(-c4ccccc4)nc(-c4ccccc4)n3)ccc12. The number of furan rings is 2. The van der Waals surface area contributed by atoms with Gasteiger partial charge in [0.1, 0.15) is 16.7 Å². The second-order valence-electron chi connectivity index (χ2n) is 12.4. The molecular formula is C45H26N4O2. The Kier molecular flexibility index (Phi) is 4.91. The van der Waals surface area contributed by atoms with E-state index in [0.717, 1.165) is 27.5 Å². The molecule has 0 radical (unpaired) electrons. The third kappa shape index (κ3) is 4.26. The number of aromatic nitrogens is 4. The van der Waals surface area contributed by atoms with Crippen molar-refractivity contribution in [2.24, 2.45) is 0 Å². The molecule has 0 bridgehead atoms. The Labute approximate surface area is 297 Å². The zero-order valence-corrected chi connectivity index (χ0v) is 26.7. The minimum absolute atomic E-state index is 0.0652. The summed E-state index contributed by atoms with van der Waals surface area (Å²) < 4.78 is 58.7. The molecule has 0 amide bonds. The van der Waals surface area contributed by atoms with Gasteiger partial charge < -0.3 is 13.4 Å². The van der Waals surface area contributed by atoms with Crippen molar-refractivity contribution in [3.8, 4) is 39.9 Å². The van der Waals surface area contributed by atoms with Crippen LogP contribution < -0.4 is 0 Å². The van der Waals surface area contributed by atoms with E-state index < -0.39 is 0 Å². The summed E-state index contributed by atoms with van der Waals surface area (Å²) in [6.45, 7) is 0. The number of hydrogen-bond donors (Lipinski definition) is 0. The van der Waals surface area contributed by atoms with Gasteiger partial charge in [-0.05, 0) is 36.4 Å². The molecule has 0 spiro atoms. The van der Waals surface area contributed by atoms with Crippen LogP contribution in [0.2, 0.25) is 0 Å².